The molecule has 1 aromatic carbocycles. The molecule has 0 saturated heterocycles. The van der Waals surface area contributed by atoms with Crippen molar-refractivity contribution in [3.63, 3.8) is 0 Å². The predicted octanol–water partition coefficient (Wildman–Crippen LogP) is 1.84. The van der Waals surface area contributed by atoms with Gasteiger partial charge in [0.25, 0.3) is 5.56 Å². The van der Waals surface area contributed by atoms with Gasteiger partial charge in [-0.1, -0.05) is 12.1 Å². The first kappa shape index (κ1) is 17.9. The van der Waals surface area contributed by atoms with Crippen molar-refractivity contribution in [2.45, 2.75) is 25.4 Å². The van der Waals surface area contributed by atoms with E-state index < -0.39 is 12.0 Å². The van der Waals surface area contributed by atoms with Crippen molar-refractivity contribution in [3.05, 3.63) is 70.3 Å². The molecular weight excluding hydrogens is 365 g/mol. The molecule has 0 aliphatic carbocycles. The zero-order valence-corrected chi connectivity index (χ0v) is 15.1. The number of hydrogen-bond donors (Lipinski definition) is 1. The summed E-state index contributed by atoms with van der Waals surface area (Å²) < 4.78 is 21.5. The van der Waals surface area contributed by atoms with Crippen LogP contribution < -0.4 is 10.9 Å². The van der Waals surface area contributed by atoms with Gasteiger partial charge in [-0.2, -0.15) is 5.10 Å². The van der Waals surface area contributed by atoms with Gasteiger partial charge in [0.2, 0.25) is 0 Å². The molecular formula is C19H18FN5O3. The SMILES string of the molecule is COC(=O)[C@@H]1CCc2cnc(NCc3cnn(-c4ccccc4F)c3)c(=O)n21. The molecule has 3 heterocycles. The van der Waals surface area contributed by atoms with Gasteiger partial charge in [-0.3, -0.25) is 9.36 Å². The fraction of sp³-hybridized carbons (Fsp3) is 0.263. The van der Waals surface area contributed by atoms with E-state index in [1.165, 1.54) is 22.4 Å². The number of aryl methyl sites for hydroxylation is 1. The third-order valence-corrected chi connectivity index (χ3v) is 4.73. The summed E-state index contributed by atoms with van der Waals surface area (Å²) in [5, 5.41) is 7.13. The van der Waals surface area contributed by atoms with E-state index in [2.05, 4.69) is 15.4 Å². The first-order valence-electron chi connectivity index (χ1n) is 8.79. The van der Waals surface area contributed by atoms with Crippen LogP contribution in [0.4, 0.5) is 10.2 Å². The Labute approximate surface area is 159 Å². The number of benzene rings is 1. The van der Waals surface area contributed by atoms with Gasteiger partial charge in [-0.15, -0.1) is 0 Å². The number of carbonyl (C=O) groups excluding carboxylic acids is 1. The van der Waals surface area contributed by atoms with Crippen LogP contribution in [0.15, 0.2) is 47.7 Å². The highest BCUT2D eigenvalue weighted by molar-refractivity contribution is 5.74. The minimum Gasteiger partial charge on any atom is -0.467 e. The second-order valence-corrected chi connectivity index (χ2v) is 6.45. The van der Waals surface area contributed by atoms with Crippen LogP contribution in [0.5, 0.6) is 0 Å². The monoisotopic (exact) mass is 383 g/mol. The molecule has 0 unspecified atom stereocenters. The van der Waals surface area contributed by atoms with Crippen molar-refractivity contribution in [2.75, 3.05) is 12.4 Å². The summed E-state index contributed by atoms with van der Waals surface area (Å²) in [4.78, 5) is 28.8. The zero-order chi connectivity index (χ0) is 19.7. The first-order valence-corrected chi connectivity index (χ1v) is 8.79. The van der Waals surface area contributed by atoms with Gasteiger partial charge >= 0.3 is 5.97 Å². The summed E-state index contributed by atoms with van der Waals surface area (Å²) in [5.74, 6) is -0.681. The number of esters is 1. The summed E-state index contributed by atoms with van der Waals surface area (Å²) in [5.41, 5.74) is 1.43. The van der Waals surface area contributed by atoms with Crippen LogP contribution in [-0.4, -0.2) is 32.4 Å². The highest BCUT2D eigenvalue weighted by Gasteiger charge is 2.31. The second kappa shape index (κ2) is 7.26. The van der Waals surface area contributed by atoms with Crippen molar-refractivity contribution in [2.24, 2.45) is 0 Å². The molecule has 2 aromatic heterocycles. The van der Waals surface area contributed by atoms with E-state index in [-0.39, 0.29) is 23.7 Å². The van der Waals surface area contributed by atoms with E-state index in [4.69, 9.17) is 4.74 Å². The first-order chi connectivity index (χ1) is 13.6. The molecule has 0 bridgehead atoms. The Hall–Kier alpha value is -3.49. The van der Waals surface area contributed by atoms with Crippen LogP contribution >= 0.6 is 0 Å². The van der Waals surface area contributed by atoms with Crippen molar-refractivity contribution < 1.29 is 13.9 Å². The summed E-state index contributed by atoms with van der Waals surface area (Å²) in [6.07, 6.45) is 5.96. The van der Waals surface area contributed by atoms with Crippen molar-refractivity contribution in [1.82, 2.24) is 19.3 Å². The third-order valence-electron chi connectivity index (χ3n) is 4.73. The highest BCUT2D eigenvalue weighted by Crippen LogP contribution is 2.24. The lowest BCUT2D eigenvalue weighted by Crippen LogP contribution is -2.31. The van der Waals surface area contributed by atoms with E-state index in [9.17, 15) is 14.0 Å². The Morgan fingerprint density at radius 1 is 1.36 bits per heavy atom. The molecule has 1 aliphatic heterocycles. The summed E-state index contributed by atoms with van der Waals surface area (Å²) in [6.45, 7) is 0.277. The molecule has 0 radical (unpaired) electrons. The topological polar surface area (TPSA) is 91.0 Å². The van der Waals surface area contributed by atoms with Crippen LogP contribution in [0.3, 0.4) is 0 Å². The maximum atomic E-state index is 13.9. The van der Waals surface area contributed by atoms with Gasteiger partial charge in [0.1, 0.15) is 17.5 Å². The maximum Gasteiger partial charge on any atom is 0.328 e. The number of aromatic nitrogens is 4. The Morgan fingerprint density at radius 2 is 2.18 bits per heavy atom. The van der Waals surface area contributed by atoms with Crippen LogP contribution in [0.25, 0.3) is 5.69 Å². The van der Waals surface area contributed by atoms with Gasteiger partial charge < -0.3 is 10.1 Å². The smallest absolute Gasteiger partial charge is 0.328 e. The minimum atomic E-state index is -0.625. The van der Waals surface area contributed by atoms with E-state index in [1.807, 2.05) is 0 Å². The maximum absolute atomic E-state index is 13.9. The lowest BCUT2D eigenvalue weighted by molar-refractivity contribution is -0.144. The van der Waals surface area contributed by atoms with Crippen LogP contribution in [-0.2, 0) is 22.5 Å². The molecule has 9 heteroatoms. The van der Waals surface area contributed by atoms with Gasteiger partial charge in [-0.25, -0.2) is 18.9 Å². The minimum absolute atomic E-state index is 0.137. The lowest BCUT2D eigenvalue weighted by Gasteiger charge is -2.13. The van der Waals surface area contributed by atoms with Gasteiger partial charge in [0.05, 0.1) is 13.3 Å². The standard InChI is InChI=1S/C19H18FN5O3/c1-28-19(27)16-7-6-13-10-22-17(18(26)25(13)16)21-8-12-9-23-24(11-12)15-5-3-2-4-14(15)20/h2-5,9-11,16H,6-8H2,1H3,(H,21,22)/t16-/m0/s1. The Bertz CT molecular complexity index is 1090. The Balaban J connectivity index is 1.53. The molecule has 144 valence electrons. The fourth-order valence-corrected chi connectivity index (χ4v) is 3.33. The molecule has 1 aliphatic rings. The number of carbonyl (C=O) groups is 1. The Morgan fingerprint density at radius 3 is 2.96 bits per heavy atom. The molecule has 1 N–H and O–H groups in total. The van der Waals surface area contributed by atoms with Crippen LogP contribution in [0.1, 0.15) is 23.7 Å². The number of nitrogens with one attached hydrogen (secondary N) is 1. The molecule has 28 heavy (non-hydrogen) atoms. The quantitative estimate of drug-likeness (QED) is 0.676. The average molecular weight is 383 g/mol. The summed E-state index contributed by atoms with van der Waals surface area (Å²) in [6, 6.07) is 5.70. The van der Waals surface area contributed by atoms with E-state index in [0.717, 1.165) is 5.56 Å². The average Bonchev–Trinajstić information content (AvgIpc) is 3.35. The molecule has 0 amide bonds. The summed E-state index contributed by atoms with van der Waals surface area (Å²) in [7, 11) is 1.30. The number of fused-ring (bicyclic) bond motifs is 1. The normalized spacial score (nSPS) is 15.3. The molecule has 1 atom stereocenters. The van der Waals surface area contributed by atoms with Crippen molar-refractivity contribution in [1.29, 1.82) is 0 Å². The molecule has 0 saturated carbocycles. The number of methoxy groups -OCH3 is 1. The van der Waals surface area contributed by atoms with Crippen molar-refractivity contribution >= 4 is 11.8 Å². The molecule has 3 aromatic rings. The lowest BCUT2D eigenvalue weighted by atomic mass is 10.2. The van der Waals surface area contributed by atoms with Gasteiger partial charge in [0.15, 0.2) is 5.82 Å². The molecule has 8 nitrogen and oxygen atoms in total. The fourth-order valence-electron chi connectivity index (χ4n) is 3.33. The number of nitrogens with zero attached hydrogens (tertiary/aromatic N) is 4. The van der Waals surface area contributed by atoms with E-state index >= 15 is 0 Å². The Kier molecular flexibility index (Phi) is 4.64. The van der Waals surface area contributed by atoms with Crippen LogP contribution in [0.2, 0.25) is 0 Å². The number of ether oxygens (including phenoxy) is 1. The number of anilines is 1. The van der Waals surface area contributed by atoms with Crippen LogP contribution in [0, 0.1) is 5.82 Å². The molecule has 0 fully saturated rings. The summed E-state index contributed by atoms with van der Waals surface area (Å²) >= 11 is 0. The number of para-hydroxylation sites is 1. The van der Waals surface area contributed by atoms with E-state index in [0.29, 0.717) is 24.2 Å². The second-order valence-electron chi connectivity index (χ2n) is 6.45. The zero-order valence-electron chi connectivity index (χ0n) is 15.1. The van der Waals surface area contributed by atoms with Gasteiger partial charge in [-0.05, 0) is 25.0 Å². The van der Waals surface area contributed by atoms with Crippen molar-refractivity contribution in [3.8, 4) is 5.69 Å². The van der Waals surface area contributed by atoms with Gasteiger partial charge in [0, 0.05) is 30.2 Å². The number of hydrogen-bond acceptors (Lipinski definition) is 6. The predicted molar refractivity (Wildman–Crippen MR) is 98.7 cm³/mol. The molecule has 0 spiro atoms. The highest BCUT2D eigenvalue weighted by atomic mass is 19.1. The number of halogens is 1. The largest absolute Gasteiger partial charge is 0.467 e. The third kappa shape index (κ3) is 3.15. The van der Waals surface area contributed by atoms with E-state index in [1.54, 1.807) is 36.8 Å². The molecule has 4 rings (SSSR count). The number of rotatable bonds is 5.